The Morgan fingerprint density at radius 3 is 2.74 bits per heavy atom. The number of aromatic nitrogens is 2. The van der Waals surface area contributed by atoms with Crippen molar-refractivity contribution in [1.29, 1.82) is 5.26 Å². The maximum atomic E-state index is 9.01. The van der Waals surface area contributed by atoms with Gasteiger partial charge >= 0.3 is 0 Å². The van der Waals surface area contributed by atoms with Gasteiger partial charge < -0.3 is 10.2 Å². The Labute approximate surface area is 159 Å². The largest absolute Gasteiger partial charge is 0.352 e. The van der Waals surface area contributed by atoms with Gasteiger partial charge in [-0.2, -0.15) is 10.4 Å². The summed E-state index contributed by atoms with van der Waals surface area (Å²) in [6, 6.07) is 19.8. The van der Waals surface area contributed by atoms with Gasteiger partial charge in [-0.25, -0.2) is 4.68 Å². The second-order valence-corrected chi connectivity index (χ2v) is 6.20. The Morgan fingerprint density at radius 2 is 2.00 bits per heavy atom. The molecule has 1 aromatic heterocycles. The summed E-state index contributed by atoms with van der Waals surface area (Å²) in [7, 11) is 3.75. The lowest BCUT2D eigenvalue weighted by atomic mass is 10.1. The van der Waals surface area contributed by atoms with Crippen LogP contribution < -0.4 is 5.32 Å². The second kappa shape index (κ2) is 8.68. The summed E-state index contributed by atoms with van der Waals surface area (Å²) in [5.41, 5.74) is 3.83. The Bertz CT molecular complexity index is 952. The monoisotopic (exact) mass is 358 g/mol. The molecule has 6 nitrogen and oxygen atoms in total. The van der Waals surface area contributed by atoms with E-state index in [0.717, 1.165) is 22.8 Å². The van der Waals surface area contributed by atoms with Gasteiger partial charge in [-0.3, -0.25) is 4.99 Å². The molecule has 1 heterocycles. The minimum atomic E-state index is 0.607. The summed E-state index contributed by atoms with van der Waals surface area (Å²) in [5.74, 6) is 0.782. The summed E-state index contributed by atoms with van der Waals surface area (Å²) in [6.45, 7) is 1.29. The number of hydrogen-bond donors (Lipinski definition) is 1. The van der Waals surface area contributed by atoms with Crippen LogP contribution in [-0.2, 0) is 13.1 Å². The predicted octanol–water partition coefficient (Wildman–Crippen LogP) is 2.95. The predicted molar refractivity (Wildman–Crippen MR) is 106 cm³/mol. The smallest absolute Gasteiger partial charge is 0.193 e. The molecule has 0 aliphatic carbocycles. The molecule has 0 atom stereocenters. The van der Waals surface area contributed by atoms with Crippen LogP contribution in [-0.4, -0.2) is 34.7 Å². The van der Waals surface area contributed by atoms with E-state index in [1.807, 2.05) is 77.6 Å². The maximum absolute atomic E-state index is 9.01. The molecule has 2 aromatic carbocycles. The first-order chi connectivity index (χ1) is 13.2. The van der Waals surface area contributed by atoms with Crippen molar-refractivity contribution in [2.75, 3.05) is 14.1 Å². The highest BCUT2D eigenvalue weighted by atomic mass is 15.3. The number of aliphatic imine (C=N–C) groups is 1. The minimum Gasteiger partial charge on any atom is -0.352 e. The van der Waals surface area contributed by atoms with Gasteiger partial charge in [0.05, 0.1) is 23.5 Å². The van der Waals surface area contributed by atoms with Gasteiger partial charge in [0.2, 0.25) is 0 Å². The molecule has 136 valence electrons. The summed E-state index contributed by atoms with van der Waals surface area (Å²) in [6.07, 6.45) is 3.89. The normalized spacial score (nSPS) is 11.1. The number of nitrogens with one attached hydrogen (secondary N) is 1. The molecule has 0 radical (unpaired) electrons. The van der Waals surface area contributed by atoms with Gasteiger partial charge in [-0.05, 0) is 29.8 Å². The lowest BCUT2D eigenvalue weighted by Crippen LogP contribution is -2.37. The van der Waals surface area contributed by atoms with E-state index in [1.54, 1.807) is 13.1 Å². The molecule has 1 N–H and O–H groups in total. The van der Waals surface area contributed by atoms with Crippen LogP contribution in [0.5, 0.6) is 0 Å². The minimum absolute atomic E-state index is 0.607. The van der Waals surface area contributed by atoms with Crippen molar-refractivity contribution < 1.29 is 0 Å². The third-order valence-corrected chi connectivity index (χ3v) is 4.16. The zero-order valence-corrected chi connectivity index (χ0v) is 15.5. The van der Waals surface area contributed by atoms with Gasteiger partial charge in [0.1, 0.15) is 0 Å². The van der Waals surface area contributed by atoms with Gasteiger partial charge in [-0.1, -0.05) is 30.3 Å². The van der Waals surface area contributed by atoms with E-state index in [2.05, 4.69) is 21.5 Å². The third kappa shape index (κ3) is 4.73. The van der Waals surface area contributed by atoms with E-state index in [-0.39, 0.29) is 0 Å². The van der Waals surface area contributed by atoms with Crippen LogP contribution in [0.4, 0.5) is 0 Å². The van der Waals surface area contributed by atoms with Crippen LogP contribution in [0.2, 0.25) is 0 Å². The van der Waals surface area contributed by atoms with Gasteiger partial charge in [-0.15, -0.1) is 0 Å². The van der Waals surface area contributed by atoms with Crippen LogP contribution in [0.15, 0.2) is 72.0 Å². The van der Waals surface area contributed by atoms with Crippen molar-refractivity contribution in [3.8, 4) is 11.8 Å². The van der Waals surface area contributed by atoms with E-state index in [4.69, 9.17) is 5.26 Å². The average molecular weight is 358 g/mol. The highest BCUT2D eigenvalue weighted by molar-refractivity contribution is 5.79. The second-order valence-electron chi connectivity index (χ2n) is 6.20. The molecule has 3 rings (SSSR count). The third-order valence-electron chi connectivity index (χ3n) is 4.16. The van der Waals surface area contributed by atoms with Crippen molar-refractivity contribution in [2.45, 2.75) is 13.1 Å². The molecule has 0 aliphatic rings. The Balaban J connectivity index is 1.61. The maximum Gasteiger partial charge on any atom is 0.193 e. The van der Waals surface area contributed by atoms with Crippen molar-refractivity contribution in [3.05, 3.63) is 83.7 Å². The van der Waals surface area contributed by atoms with Crippen LogP contribution >= 0.6 is 0 Å². The highest BCUT2D eigenvalue weighted by Gasteiger charge is 2.09. The molecule has 0 amide bonds. The number of hydrogen-bond acceptors (Lipinski definition) is 3. The van der Waals surface area contributed by atoms with Crippen LogP contribution in [0.3, 0.4) is 0 Å². The zero-order valence-electron chi connectivity index (χ0n) is 15.5. The van der Waals surface area contributed by atoms with Gasteiger partial charge in [0.25, 0.3) is 0 Å². The molecular weight excluding hydrogens is 336 g/mol. The first-order valence-electron chi connectivity index (χ1n) is 8.69. The zero-order chi connectivity index (χ0) is 19.1. The lowest BCUT2D eigenvalue weighted by Gasteiger charge is -2.21. The van der Waals surface area contributed by atoms with Crippen molar-refractivity contribution in [2.24, 2.45) is 4.99 Å². The molecule has 3 aromatic rings. The summed E-state index contributed by atoms with van der Waals surface area (Å²) >= 11 is 0. The SMILES string of the molecule is CN=C(NCc1cccc(C#N)c1)N(C)Cc1cnn(-c2ccccc2)c1. The highest BCUT2D eigenvalue weighted by Crippen LogP contribution is 2.09. The summed E-state index contributed by atoms with van der Waals surface area (Å²) < 4.78 is 1.87. The Morgan fingerprint density at radius 1 is 1.19 bits per heavy atom. The topological polar surface area (TPSA) is 69.2 Å². The molecule has 0 bridgehead atoms. The molecule has 0 spiro atoms. The Hall–Kier alpha value is -3.59. The number of guanidine groups is 1. The van der Waals surface area contributed by atoms with Crippen LogP contribution in [0.25, 0.3) is 5.69 Å². The first kappa shape index (κ1) is 18.2. The number of para-hydroxylation sites is 1. The van der Waals surface area contributed by atoms with Gasteiger partial charge in [0, 0.05) is 38.9 Å². The number of nitrogens with zero attached hydrogens (tertiary/aromatic N) is 5. The molecule has 0 aliphatic heterocycles. The van der Waals surface area contributed by atoms with Crippen molar-refractivity contribution in [3.63, 3.8) is 0 Å². The van der Waals surface area contributed by atoms with E-state index < -0.39 is 0 Å². The molecule has 0 saturated carbocycles. The fraction of sp³-hybridized carbons (Fsp3) is 0.190. The summed E-state index contributed by atoms with van der Waals surface area (Å²) in [4.78, 5) is 6.39. The van der Waals surface area contributed by atoms with E-state index in [9.17, 15) is 0 Å². The first-order valence-corrected chi connectivity index (χ1v) is 8.69. The van der Waals surface area contributed by atoms with Gasteiger partial charge in [0.15, 0.2) is 5.96 Å². The van der Waals surface area contributed by atoms with E-state index >= 15 is 0 Å². The van der Waals surface area contributed by atoms with Crippen molar-refractivity contribution >= 4 is 5.96 Å². The summed E-state index contributed by atoms with van der Waals surface area (Å²) in [5, 5.41) is 16.8. The van der Waals surface area contributed by atoms with E-state index in [1.165, 1.54) is 0 Å². The molecule has 0 fully saturated rings. The molecule has 0 saturated heterocycles. The molecule has 0 unspecified atom stereocenters. The van der Waals surface area contributed by atoms with Crippen molar-refractivity contribution in [1.82, 2.24) is 20.0 Å². The average Bonchev–Trinajstić information content (AvgIpc) is 3.18. The van der Waals surface area contributed by atoms with E-state index in [0.29, 0.717) is 18.7 Å². The van der Waals surface area contributed by atoms with Crippen LogP contribution in [0.1, 0.15) is 16.7 Å². The standard InChI is InChI=1S/C21H22N6/c1-23-21(24-13-18-8-6-7-17(11-18)12-22)26(2)15-19-14-25-27(16-19)20-9-4-3-5-10-20/h3-11,14,16H,13,15H2,1-2H3,(H,23,24). The number of nitriles is 1. The number of benzene rings is 2. The molecular formula is C21H22N6. The fourth-order valence-electron chi connectivity index (χ4n) is 2.83. The fourth-order valence-corrected chi connectivity index (χ4v) is 2.83. The molecule has 6 heteroatoms. The van der Waals surface area contributed by atoms with Crippen LogP contribution in [0, 0.1) is 11.3 Å². The quantitative estimate of drug-likeness (QED) is 0.562. The lowest BCUT2D eigenvalue weighted by molar-refractivity contribution is 0.476. The Kier molecular flexibility index (Phi) is 5.85. The number of rotatable bonds is 5. The molecule has 27 heavy (non-hydrogen) atoms.